The van der Waals surface area contributed by atoms with E-state index in [-0.39, 0.29) is 34.2 Å². The van der Waals surface area contributed by atoms with Crippen LogP contribution < -0.4 is 15.1 Å². The lowest BCUT2D eigenvalue weighted by atomic mass is 10.1. The number of carbonyl (C=O) groups excluding carboxylic acids is 4. The van der Waals surface area contributed by atoms with Crippen molar-refractivity contribution >= 4 is 63.3 Å². The minimum atomic E-state index is -1.42. The molecule has 1 fully saturated rings. The van der Waals surface area contributed by atoms with E-state index < -0.39 is 30.3 Å². The van der Waals surface area contributed by atoms with Crippen LogP contribution in [0, 0.1) is 0 Å². The van der Waals surface area contributed by atoms with Gasteiger partial charge in [-0.25, -0.2) is 0 Å². The number of carboxylic acid groups (broad SMARTS) is 2. The quantitative estimate of drug-likeness (QED) is 0.432. The summed E-state index contributed by atoms with van der Waals surface area (Å²) in [6, 6.07) is 6.54. The van der Waals surface area contributed by atoms with Crippen LogP contribution >= 0.6 is 24.0 Å². The summed E-state index contributed by atoms with van der Waals surface area (Å²) in [5.74, 6) is -3.77. The summed E-state index contributed by atoms with van der Waals surface area (Å²) in [7, 11) is 0. The first-order chi connectivity index (χ1) is 12.8. The number of carbonyl (C=O) groups is 4. The fourth-order valence-electron chi connectivity index (χ4n) is 2.91. The summed E-state index contributed by atoms with van der Waals surface area (Å²) in [5, 5.41) is 21.6. The molecule has 1 aromatic carbocycles. The van der Waals surface area contributed by atoms with E-state index in [0.717, 1.165) is 16.7 Å². The number of hydrogen-bond acceptors (Lipinski definition) is 8. The number of para-hydroxylation sites is 1. The van der Waals surface area contributed by atoms with E-state index in [1.165, 1.54) is 4.90 Å². The maximum Gasteiger partial charge on any atom is 0.267 e. The van der Waals surface area contributed by atoms with Crippen molar-refractivity contribution in [3.8, 4) is 0 Å². The third-order valence-electron chi connectivity index (χ3n) is 4.05. The Balaban J connectivity index is 1.96. The second-order valence-electron chi connectivity index (χ2n) is 5.78. The van der Waals surface area contributed by atoms with Crippen molar-refractivity contribution in [2.75, 3.05) is 18.0 Å². The van der Waals surface area contributed by atoms with Gasteiger partial charge in [-0.1, -0.05) is 42.2 Å². The van der Waals surface area contributed by atoms with Gasteiger partial charge < -0.3 is 24.7 Å². The van der Waals surface area contributed by atoms with Gasteiger partial charge in [-0.2, -0.15) is 0 Å². The molecule has 2 amide bonds. The van der Waals surface area contributed by atoms with E-state index in [1.807, 2.05) is 0 Å². The van der Waals surface area contributed by atoms with Crippen LogP contribution in [-0.2, 0) is 19.2 Å². The van der Waals surface area contributed by atoms with E-state index in [2.05, 4.69) is 0 Å². The van der Waals surface area contributed by atoms with Gasteiger partial charge in [-0.15, -0.1) is 0 Å². The van der Waals surface area contributed by atoms with Gasteiger partial charge in [-0.3, -0.25) is 14.5 Å². The Bertz CT molecular complexity index is 910. The van der Waals surface area contributed by atoms with Crippen molar-refractivity contribution in [3.63, 3.8) is 0 Å². The molecule has 0 N–H and O–H groups in total. The van der Waals surface area contributed by atoms with E-state index in [9.17, 15) is 29.4 Å². The molecule has 0 unspecified atom stereocenters. The Kier molecular flexibility index (Phi) is 5.29. The highest BCUT2D eigenvalue weighted by molar-refractivity contribution is 8.26. The molecule has 0 spiro atoms. The van der Waals surface area contributed by atoms with Crippen molar-refractivity contribution < 1.29 is 29.4 Å². The van der Waals surface area contributed by atoms with Crippen LogP contribution in [0.4, 0.5) is 5.69 Å². The van der Waals surface area contributed by atoms with Gasteiger partial charge in [0, 0.05) is 18.1 Å². The van der Waals surface area contributed by atoms with Crippen molar-refractivity contribution in [2.24, 2.45) is 0 Å². The second-order valence-corrected chi connectivity index (χ2v) is 7.43. The average molecular weight is 404 g/mol. The van der Waals surface area contributed by atoms with E-state index in [0.29, 0.717) is 11.3 Å². The topological polar surface area (TPSA) is 121 Å². The third-order valence-corrected chi connectivity index (χ3v) is 5.50. The number of carboxylic acids is 2. The zero-order valence-electron chi connectivity index (χ0n) is 13.8. The van der Waals surface area contributed by atoms with E-state index >= 15 is 0 Å². The number of benzene rings is 1. The Hall–Kier alpha value is -2.72. The minimum Gasteiger partial charge on any atom is -0.550 e. The Morgan fingerprint density at radius 1 is 1.04 bits per heavy atom. The predicted octanol–water partition coefficient (Wildman–Crippen LogP) is -1.12. The summed E-state index contributed by atoms with van der Waals surface area (Å²) >= 11 is 6.13. The Morgan fingerprint density at radius 2 is 1.74 bits per heavy atom. The van der Waals surface area contributed by atoms with Crippen molar-refractivity contribution in [3.05, 3.63) is 34.7 Å². The largest absolute Gasteiger partial charge is 0.550 e. The van der Waals surface area contributed by atoms with Crippen LogP contribution in [0.3, 0.4) is 0 Å². The molecular weight excluding hydrogens is 392 g/mol. The molecular formula is C17H12N2O6S2-2. The molecule has 10 heteroatoms. The van der Waals surface area contributed by atoms with Gasteiger partial charge in [0.05, 0.1) is 28.7 Å². The van der Waals surface area contributed by atoms with Crippen molar-refractivity contribution in [2.45, 2.75) is 12.8 Å². The van der Waals surface area contributed by atoms with Crippen molar-refractivity contribution in [1.29, 1.82) is 0 Å². The molecule has 2 aliphatic heterocycles. The fraction of sp³-hybridized carbons (Fsp3) is 0.235. The highest BCUT2D eigenvalue weighted by Crippen LogP contribution is 2.44. The molecule has 8 nitrogen and oxygen atoms in total. The monoisotopic (exact) mass is 404 g/mol. The number of fused-ring (bicyclic) bond motifs is 1. The third kappa shape index (κ3) is 3.58. The van der Waals surface area contributed by atoms with Gasteiger partial charge in [0.25, 0.3) is 11.8 Å². The summed E-state index contributed by atoms with van der Waals surface area (Å²) in [5.41, 5.74) is 0.912. The van der Waals surface area contributed by atoms with Gasteiger partial charge in [0.1, 0.15) is 4.32 Å². The highest BCUT2D eigenvalue weighted by Gasteiger charge is 2.41. The summed E-state index contributed by atoms with van der Waals surface area (Å²) in [6.07, 6.45) is -0.0527. The Morgan fingerprint density at radius 3 is 2.41 bits per heavy atom. The number of amides is 2. The highest BCUT2D eigenvalue weighted by atomic mass is 32.2. The number of thioether (sulfide) groups is 1. The molecule has 0 saturated carbocycles. The first-order valence-corrected chi connectivity index (χ1v) is 9.12. The average Bonchev–Trinajstić information content (AvgIpc) is 3.02. The Labute approximate surface area is 163 Å². The lowest BCUT2D eigenvalue weighted by molar-refractivity contribution is -0.306. The molecule has 27 heavy (non-hydrogen) atoms. The van der Waals surface area contributed by atoms with Crippen LogP contribution in [-0.4, -0.2) is 46.1 Å². The summed E-state index contributed by atoms with van der Waals surface area (Å²) in [4.78, 5) is 49.5. The number of hydrogen-bond donors (Lipinski definition) is 0. The zero-order chi connectivity index (χ0) is 19.7. The molecule has 0 aliphatic carbocycles. The van der Waals surface area contributed by atoms with Crippen LogP contribution in [0.2, 0.25) is 0 Å². The lowest BCUT2D eigenvalue weighted by Crippen LogP contribution is -2.39. The number of thiocarbonyl (C=S) groups is 1. The van der Waals surface area contributed by atoms with Crippen LogP contribution in [0.15, 0.2) is 29.2 Å². The minimum absolute atomic E-state index is 0.0894. The molecule has 3 rings (SSSR count). The van der Waals surface area contributed by atoms with Crippen LogP contribution in [0.1, 0.15) is 18.4 Å². The number of nitrogens with zero attached hydrogens (tertiary/aromatic N) is 2. The molecule has 1 aromatic rings. The molecule has 2 aliphatic rings. The molecule has 1 saturated heterocycles. The number of aliphatic carboxylic acids is 2. The second kappa shape index (κ2) is 7.49. The van der Waals surface area contributed by atoms with Gasteiger partial charge >= 0.3 is 0 Å². The standard InChI is InChI=1S/C17H14N2O6S2/c20-11(21)6-3-7-18-16(25)14(27-17(18)26)13-9-4-1-2-5-10(9)19(15(13)24)8-12(22)23/h1-2,4-5H,3,6-8H2,(H,20,21)(H,22,23)/p-2/b14-13-. The smallest absolute Gasteiger partial charge is 0.267 e. The normalized spacial score (nSPS) is 19.0. The van der Waals surface area contributed by atoms with E-state index in [1.54, 1.807) is 24.3 Å². The molecule has 0 atom stereocenters. The maximum absolute atomic E-state index is 12.8. The van der Waals surface area contributed by atoms with Gasteiger partial charge in [0.2, 0.25) is 0 Å². The first kappa shape index (κ1) is 19.1. The molecule has 0 aromatic heterocycles. The molecule has 0 radical (unpaired) electrons. The van der Waals surface area contributed by atoms with E-state index in [4.69, 9.17) is 12.2 Å². The van der Waals surface area contributed by atoms with Crippen LogP contribution in [0.25, 0.3) is 5.57 Å². The van der Waals surface area contributed by atoms with Gasteiger partial charge in [-0.05, 0) is 18.9 Å². The fourth-order valence-corrected chi connectivity index (χ4v) is 4.29. The molecule has 0 bridgehead atoms. The predicted molar refractivity (Wildman–Crippen MR) is 96.9 cm³/mol. The number of anilines is 1. The van der Waals surface area contributed by atoms with Gasteiger partial charge in [0.15, 0.2) is 0 Å². The maximum atomic E-state index is 12.8. The first-order valence-electron chi connectivity index (χ1n) is 7.90. The molecule has 2 heterocycles. The van der Waals surface area contributed by atoms with Crippen molar-refractivity contribution in [1.82, 2.24) is 4.90 Å². The summed E-state index contributed by atoms with van der Waals surface area (Å²) < 4.78 is 0.212. The number of rotatable bonds is 6. The SMILES string of the molecule is O=C([O-])CCCN1C(=O)/C(=C2/C(=O)N(CC(=O)[O-])c3ccccc32)SC1=S. The molecule has 140 valence electrons. The summed E-state index contributed by atoms with van der Waals surface area (Å²) in [6.45, 7) is -0.542. The van der Waals surface area contributed by atoms with Crippen LogP contribution in [0.5, 0.6) is 0 Å². The lowest BCUT2D eigenvalue weighted by Gasteiger charge is -2.17. The zero-order valence-corrected chi connectivity index (χ0v) is 15.4.